The molecule has 3 aromatic carbocycles. The Kier molecular flexibility index (Phi) is 5.23. The zero-order valence-corrected chi connectivity index (χ0v) is 16.2. The largest absolute Gasteiger partial charge is 0.549 e. The summed E-state index contributed by atoms with van der Waals surface area (Å²) in [6.07, 6.45) is 0. The maximum atomic E-state index is 13.4. The van der Waals surface area contributed by atoms with E-state index in [4.69, 9.17) is 4.74 Å². The van der Waals surface area contributed by atoms with Gasteiger partial charge in [-0.15, -0.1) is 0 Å². The van der Waals surface area contributed by atoms with E-state index < -0.39 is 17.9 Å². The molecule has 1 heterocycles. The Morgan fingerprint density at radius 1 is 1.03 bits per heavy atom. The van der Waals surface area contributed by atoms with Gasteiger partial charge in [0, 0.05) is 18.0 Å². The van der Waals surface area contributed by atoms with E-state index >= 15 is 0 Å². The van der Waals surface area contributed by atoms with Crippen LogP contribution in [0.5, 0.6) is 5.75 Å². The zero-order chi connectivity index (χ0) is 21.3. The molecule has 30 heavy (non-hydrogen) atoms. The van der Waals surface area contributed by atoms with E-state index in [9.17, 15) is 19.1 Å². The van der Waals surface area contributed by atoms with Gasteiger partial charge >= 0.3 is 0 Å². The highest BCUT2D eigenvalue weighted by Crippen LogP contribution is 2.43. The fourth-order valence-corrected chi connectivity index (χ4v) is 3.98. The van der Waals surface area contributed by atoms with E-state index in [0.717, 1.165) is 0 Å². The third-order valence-corrected chi connectivity index (χ3v) is 5.42. The molecule has 0 aliphatic carbocycles. The minimum Gasteiger partial charge on any atom is -0.549 e. The van der Waals surface area contributed by atoms with Gasteiger partial charge in [0.2, 0.25) is 0 Å². The number of methoxy groups -OCH3 is 1. The highest BCUT2D eigenvalue weighted by molar-refractivity contribution is 6.00. The fourth-order valence-electron chi connectivity index (χ4n) is 3.98. The van der Waals surface area contributed by atoms with E-state index in [1.165, 1.54) is 17.0 Å². The van der Waals surface area contributed by atoms with Crippen LogP contribution in [0.15, 0.2) is 72.8 Å². The van der Waals surface area contributed by atoms with Crippen molar-refractivity contribution in [3.63, 3.8) is 0 Å². The van der Waals surface area contributed by atoms with Crippen molar-refractivity contribution in [1.82, 2.24) is 4.90 Å². The molecule has 4 rings (SSSR count). The first kappa shape index (κ1) is 19.6. The molecule has 0 radical (unpaired) electrons. The van der Waals surface area contributed by atoms with Crippen LogP contribution < -0.4 is 9.84 Å². The summed E-state index contributed by atoms with van der Waals surface area (Å²) >= 11 is 0. The van der Waals surface area contributed by atoms with Gasteiger partial charge in [0.05, 0.1) is 19.1 Å². The minimum atomic E-state index is -1.26. The third kappa shape index (κ3) is 3.52. The van der Waals surface area contributed by atoms with Crippen LogP contribution in [0.25, 0.3) is 0 Å². The van der Waals surface area contributed by atoms with Gasteiger partial charge in [0.1, 0.15) is 11.6 Å². The zero-order valence-electron chi connectivity index (χ0n) is 16.2. The number of halogens is 1. The van der Waals surface area contributed by atoms with Gasteiger partial charge in [-0.05, 0) is 47.0 Å². The van der Waals surface area contributed by atoms with Crippen molar-refractivity contribution < 1.29 is 23.8 Å². The Morgan fingerprint density at radius 3 is 2.33 bits per heavy atom. The number of nitrogens with zero attached hydrogens (tertiary/aromatic N) is 1. The number of carboxylic acid groups (broad SMARTS) is 1. The topological polar surface area (TPSA) is 69.7 Å². The van der Waals surface area contributed by atoms with Crippen molar-refractivity contribution in [1.29, 1.82) is 0 Å². The monoisotopic (exact) mass is 404 g/mol. The number of benzene rings is 3. The number of hydrogen-bond donors (Lipinski definition) is 0. The molecule has 6 heteroatoms. The van der Waals surface area contributed by atoms with Gasteiger partial charge in [-0.2, -0.15) is 0 Å². The summed E-state index contributed by atoms with van der Waals surface area (Å²) in [7, 11) is 1.54. The summed E-state index contributed by atoms with van der Waals surface area (Å²) < 4.78 is 18.5. The van der Waals surface area contributed by atoms with E-state index in [-0.39, 0.29) is 18.3 Å². The van der Waals surface area contributed by atoms with Gasteiger partial charge in [-0.1, -0.05) is 42.5 Å². The summed E-state index contributed by atoms with van der Waals surface area (Å²) in [6.45, 7) is 0.133. The fraction of sp³-hybridized carbons (Fsp3) is 0.167. The van der Waals surface area contributed by atoms with E-state index in [2.05, 4.69) is 0 Å². The number of aliphatic carboxylic acids is 1. The normalized spacial score (nSPS) is 18.1. The highest BCUT2D eigenvalue weighted by atomic mass is 19.1. The van der Waals surface area contributed by atoms with Crippen LogP contribution in [0.3, 0.4) is 0 Å². The molecular formula is C24H19FNO4-. The molecule has 2 atom stereocenters. The number of rotatable bonds is 5. The number of hydrogen-bond acceptors (Lipinski definition) is 4. The molecule has 0 saturated carbocycles. The molecule has 152 valence electrons. The molecule has 0 saturated heterocycles. The SMILES string of the molecule is COc1ccc([C@@H]2[C@H](C(=O)[O-])c3ccccc3C(=O)N2Cc2ccc(F)cc2)cc1. The Labute approximate surface area is 173 Å². The van der Waals surface area contributed by atoms with Crippen LogP contribution >= 0.6 is 0 Å². The lowest BCUT2D eigenvalue weighted by molar-refractivity contribution is -0.309. The summed E-state index contributed by atoms with van der Waals surface area (Å²) in [5, 5.41) is 12.2. The maximum Gasteiger partial charge on any atom is 0.255 e. The second-order valence-corrected chi connectivity index (χ2v) is 7.16. The van der Waals surface area contributed by atoms with Crippen molar-refractivity contribution in [3.05, 3.63) is 101 Å². The lowest BCUT2D eigenvalue weighted by Crippen LogP contribution is -2.47. The van der Waals surface area contributed by atoms with E-state index in [1.54, 1.807) is 67.8 Å². The molecule has 0 N–H and O–H groups in total. The lowest BCUT2D eigenvalue weighted by Gasteiger charge is -2.43. The second-order valence-electron chi connectivity index (χ2n) is 7.16. The first-order valence-corrected chi connectivity index (χ1v) is 9.48. The Hall–Kier alpha value is -3.67. The molecule has 0 bridgehead atoms. The second kappa shape index (κ2) is 7.99. The number of ether oxygens (including phenoxy) is 1. The standard InChI is InChI=1S/C24H20FNO4/c1-30-18-12-8-16(9-13-18)22-21(24(28)29)19-4-2-3-5-20(19)23(27)26(22)14-15-6-10-17(25)11-7-15/h2-13,21-22H,14H2,1H3,(H,28,29)/p-1/t21-,22-/m1/s1. The van der Waals surface area contributed by atoms with Crippen LogP contribution in [-0.2, 0) is 11.3 Å². The van der Waals surface area contributed by atoms with Crippen LogP contribution in [0.1, 0.15) is 39.0 Å². The summed E-state index contributed by atoms with van der Waals surface area (Å²) in [6, 6.07) is 18.7. The van der Waals surface area contributed by atoms with Crippen molar-refractivity contribution in [2.45, 2.75) is 18.5 Å². The maximum absolute atomic E-state index is 13.4. The smallest absolute Gasteiger partial charge is 0.255 e. The van der Waals surface area contributed by atoms with Crippen molar-refractivity contribution >= 4 is 11.9 Å². The van der Waals surface area contributed by atoms with Gasteiger partial charge in [0.25, 0.3) is 5.91 Å². The highest BCUT2D eigenvalue weighted by Gasteiger charge is 2.41. The number of carbonyl (C=O) groups excluding carboxylic acids is 2. The van der Waals surface area contributed by atoms with Gasteiger partial charge in [0.15, 0.2) is 0 Å². The molecule has 1 aliphatic heterocycles. The summed E-state index contributed by atoms with van der Waals surface area (Å²) in [4.78, 5) is 27.1. The molecule has 0 unspecified atom stereocenters. The van der Waals surface area contributed by atoms with Gasteiger partial charge in [-0.3, -0.25) is 4.79 Å². The molecule has 0 fully saturated rings. The van der Waals surface area contributed by atoms with Crippen molar-refractivity contribution in [3.8, 4) is 5.75 Å². The van der Waals surface area contributed by atoms with Crippen molar-refractivity contribution in [2.24, 2.45) is 0 Å². The molecule has 0 aromatic heterocycles. The van der Waals surface area contributed by atoms with Crippen LogP contribution in [0.2, 0.25) is 0 Å². The predicted molar refractivity (Wildman–Crippen MR) is 106 cm³/mol. The predicted octanol–water partition coefficient (Wildman–Crippen LogP) is 3.07. The summed E-state index contributed by atoms with van der Waals surface area (Å²) in [5.41, 5.74) is 2.10. The van der Waals surface area contributed by atoms with Crippen LogP contribution in [0.4, 0.5) is 4.39 Å². The third-order valence-electron chi connectivity index (χ3n) is 5.42. The quantitative estimate of drug-likeness (QED) is 0.655. The lowest BCUT2D eigenvalue weighted by atomic mass is 9.79. The molecule has 3 aromatic rings. The van der Waals surface area contributed by atoms with Crippen molar-refractivity contribution in [2.75, 3.05) is 7.11 Å². The number of fused-ring (bicyclic) bond motifs is 1. The summed E-state index contributed by atoms with van der Waals surface area (Å²) in [5.74, 6) is -2.36. The number of amides is 1. The Balaban J connectivity index is 1.85. The molecule has 1 amide bonds. The van der Waals surface area contributed by atoms with Gasteiger partial charge in [-0.25, -0.2) is 4.39 Å². The van der Waals surface area contributed by atoms with Crippen LogP contribution in [-0.4, -0.2) is 23.9 Å². The van der Waals surface area contributed by atoms with Gasteiger partial charge < -0.3 is 19.5 Å². The first-order valence-electron chi connectivity index (χ1n) is 9.48. The average molecular weight is 404 g/mol. The molecule has 1 aliphatic rings. The number of carbonyl (C=O) groups is 2. The van der Waals surface area contributed by atoms with Crippen LogP contribution in [0, 0.1) is 5.82 Å². The Bertz CT molecular complexity index is 1080. The van der Waals surface area contributed by atoms with E-state index in [0.29, 0.717) is 28.0 Å². The first-order chi connectivity index (χ1) is 14.5. The molecular weight excluding hydrogens is 385 g/mol. The average Bonchev–Trinajstić information content (AvgIpc) is 2.76. The molecule has 5 nitrogen and oxygen atoms in total. The molecule has 0 spiro atoms. The van der Waals surface area contributed by atoms with E-state index in [1.807, 2.05) is 0 Å². The minimum absolute atomic E-state index is 0.133. The number of carboxylic acids is 1. The Morgan fingerprint density at radius 2 is 1.70 bits per heavy atom.